The molecule has 0 aliphatic carbocycles. The predicted octanol–water partition coefficient (Wildman–Crippen LogP) is 2.73. The fourth-order valence-corrected chi connectivity index (χ4v) is 1.49. The summed E-state index contributed by atoms with van der Waals surface area (Å²) in [5.41, 5.74) is -3.00. The van der Waals surface area contributed by atoms with Gasteiger partial charge in [0.15, 0.2) is 5.82 Å². The van der Waals surface area contributed by atoms with E-state index < -0.39 is 34.8 Å². The number of nitrogens with zero attached hydrogens (tertiary/aromatic N) is 1. The van der Waals surface area contributed by atoms with Crippen molar-refractivity contribution in [3.63, 3.8) is 0 Å². The summed E-state index contributed by atoms with van der Waals surface area (Å²) in [5.74, 6) is -2.53. The number of hydrogen-bond donors (Lipinski definition) is 1. The highest BCUT2D eigenvalue weighted by atomic mass is 19.4. The molecule has 0 amide bonds. The number of benzene rings is 1. The fourth-order valence-electron chi connectivity index (χ4n) is 1.49. The maximum atomic E-state index is 13.3. The average Bonchev–Trinajstić information content (AvgIpc) is 2.30. The van der Waals surface area contributed by atoms with Crippen LogP contribution in [0, 0.1) is 11.6 Å². The smallest absolute Gasteiger partial charge is 0.303 e. The van der Waals surface area contributed by atoms with E-state index in [-0.39, 0.29) is 5.56 Å². The lowest BCUT2D eigenvalue weighted by molar-refractivity contribution is -0.139. The Hall–Kier alpha value is -2.25. The summed E-state index contributed by atoms with van der Waals surface area (Å²) in [6.45, 7) is 0. The number of aromatic amines is 1. The van der Waals surface area contributed by atoms with Gasteiger partial charge in [-0.2, -0.15) is 18.2 Å². The van der Waals surface area contributed by atoms with E-state index in [0.29, 0.717) is 18.3 Å². The molecule has 0 bridgehead atoms. The third-order valence-electron chi connectivity index (χ3n) is 2.33. The molecule has 0 saturated carbocycles. The maximum Gasteiger partial charge on any atom is 0.419 e. The molecule has 0 fully saturated rings. The molecule has 2 aromatic rings. The first kappa shape index (κ1) is 13.2. The summed E-state index contributed by atoms with van der Waals surface area (Å²) in [5, 5.41) is 0. The van der Waals surface area contributed by atoms with Crippen LogP contribution in [0.2, 0.25) is 0 Å². The molecule has 2 rings (SSSR count). The molecule has 0 aliphatic heterocycles. The van der Waals surface area contributed by atoms with Crippen LogP contribution in [0.1, 0.15) is 5.56 Å². The molecule has 0 spiro atoms. The highest BCUT2D eigenvalue weighted by Crippen LogP contribution is 2.33. The molecule has 19 heavy (non-hydrogen) atoms. The highest BCUT2D eigenvalue weighted by Gasteiger charge is 2.34. The Balaban J connectivity index is 2.57. The zero-order valence-electron chi connectivity index (χ0n) is 9.05. The Morgan fingerprint density at radius 1 is 1.11 bits per heavy atom. The SMILES string of the molecule is O=c1ncc(F)c(-c2ccc(C(F)(F)F)c(F)c2)[nH]1. The third kappa shape index (κ3) is 2.61. The van der Waals surface area contributed by atoms with E-state index in [1.54, 1.807) is 0 Å². The van der Waals surface area contributed by atoms with Gasteiger partial charge in [0.25, 0.3) is 0 Å². The van der Waals surface area contributed by atoms with Crippen LogP contribution in [0.3, 0.4) is 0 Å². The Bertz CT molecular complexity index is 678. The average molecular weight is 276 g/mol. The largest absolute Gasteiger partial charge is 0.419 e. The lowest BCUT2D eigenvalue weighted by Gasteiger charge is -2.09. The molecular weight excluding hydrogens is 271 g/mol. The second-order valence-electron chi connectivity index (χ2n) is 3.60. The molecule has 3 nitrogen and oxygen atoms in total. The van der Waals surface area contributed by atoms with Crippen LogP contribution in [0.5, 0.6) is 0 Å². The van der Waals surface area contributed by atoms with Crippen LogP contribution in [-0.4, -0.2) is 9.97 Å². The van der Waals surface area contributed by atoms with Crippen molar-refractivity contribution in [3.05, 3.63) is 52.1 Å². The second-order valence-corrected chi connectivity index (χ2v) is 3.60. The fraction of sp³-hybridized carbons (Fsp3) is 0.0909. The molecule has 1 N–H and O–H groups in total. The van der Waals surface area contributed by atoms with Gasteiger partial charge in [0.1, 0.15) is 5.82 Å². The van der Waals surface area contributed by atoms with Crippen molar-refractivity contribution in [2.75, 3.05) is 0 Å². The summed E-state index contributed by atoms with van der Waals surface area (Å²) < 4.78 is 63.7. The van der Waals surface area contributed by atoms with Crippen LogP contribution in [0.4, 0.5) is 22.0 Å². The van der Waals surface area contributed by atoms with Gasteiger partial charge in [-0.15, -0.1) is 0 Å². The summed E-state index contributed by atoms with van der Waals surface area (Å²) in [4.78, 5) is 16.0. The number of H-pyrrole nitrogens is 1. The monoisotopic (exact) mass is 276 g/mol. The standard InChI is InChI=1S/C11H5F5N2O/c12-7-3-5(1-2-6(7)11(14,15)16)9-8(13)4-17-10(19)18-9/h1-4H,(H,17,18,19). The third-order valence-corrected chi connectivity index (χ3v) is 2.33. The molecule has 100 valence electrons. The summed E-state index contributed by atoms with van der Waals surface area (Å²) in [6, 6.07) is 1.83. The van der Waals surface area contributed by atoms with Crippen molar-refractivity contribution in [1.29, 1.82) is 0 Å². The van der Waals surface area contributed by atoms with Crippen molar-refractivity contribution in [2.24, 2.45) is 0 Å². The maximum absolute atomic E-state index is 13.3. The minimum Gasteiger partial charge on any atom is -0.303 e. The number of rotatable bonds is 1. The minimum atomic E-state index is -4.84. The summed E-state index contributed by atoms with van der Waals surface area (Å²) in [6.07, 6.45) is -4.24. The molecule has 1 heterocycles. The lowest BCUT2D eigenvalue weighted by Crippen LogP contribution is -2.12. The van der Waals surface area contributed by atoms with Gasteiger partial charge >= 0.3 is 11.9 Å². The van der Waals surface area contributed by atoms with E-state index >= 15 is 0 Å². The first-order valence-electron chi connectivity index (χ1n) is 4.91. The van der Waals surface area contributed by atoms with Crippen LogP contribution in [0.15, 0.2) is 29.2 Å². The quantitative estimate of drug-likeness (QED) is 0.814. The van der Waals surface area contributed by atoms with Gasteiger partial charge in [-0.05, 0) is 12.1 Å². The Morgan fingerprint density at radius 3 is 2.37 bits per heavy atom. The van der Waals surface area contributed by atoms with Gasteiger partial charge in [-0.25, -0.2) is 13.6 Å². The molecule has 0 radical (unpaired) electrons. The van der Waals surface area contributed by atoms with E-state index in [2.05, 4.69) is 4.98 Å². The van der Waals surface area contributed by atoms with Crippen LogP contribution >= 0.6 is 0 Å². The zero-order valence-corrected chi connectivity index (χ0v) is 9.05. The van der Waals surface area contributed by atoms with E-state index in [9.17, 15) is 26.7 Å². The molecule has 0 aliphatic rings. The van der Waals surface area contributed by atoms with Crippen molar-refractivity contribution < 1.29 is 22.0 Å². The predicted molar refractivity (Wildman–Crippen MR) is 55.2 cm³/mol. The van der Waals surface area contributed by atoms with Crippen LogP contribution < -0.4 is 5.69 Å². The van der Waals surface area contributed by atoms with Gasteiger partial charge in [-0.3, -0.25) is 0 Å². The molecule has 0 unspecified atom stereocenters. The first-order chi connectivity index (χ1) is 8.79. The number of hydrogen-bond acceptors (Lipinski definition) is 2. The lowest BCUT2D eigenvalue weighted by atomic mass is 10.1. The molecule has 8 heteroatoms. The van der Waals surface area contributed by atoms with Crippen LogP contribution in [0.25, 0.3) is 11.3 Å². The molecular formula is C11H5F5N2O. The van der Waals surface area contributed by atoms with E-state index in [1.165, 1.54) is 0 Å². The molecule has 0 saturated heterocycles. The van der Waals surface area contributed by atoms with E-state index in [1.807, 2.05) is 4.98 Å². The normalized spacial score (nSPS) is 11.6. The van der Waals surface area contributed by atoms with Crippen molar-refractivity contribution in [3.8, 4) is 11.3 Å². The van der Waals surface area contributed by atoms with Crippen molar-refractivity contribution in [2.45, 2.75) is 6.18 Å². The summed E-state index contributed by atoms with van der Waals surface area (Å²) in [7, 11) is 0. The van der Waals surface area contributed by atoms with E-state index in [4.69, 9.17) is 0 Å². The number of nitrogens with one attached hydrogen (secondary N) is 1. The molecule has 1 aromatic carbocycles. The summed E-state index contributed by atoms with van der Waals surface area (Å²) >= 11 is 0. The van der Waals surface area contributed by atoms with Crippen LogP contribution in [-0.2, 0) is 6.18 Å². The Labute approximate surface area is 102 Å². The number of alkyl halides is 3. The van der Waals surface area contributed by atoms with Gasteiger partial charge in [0, 0.05) is 5.56 Å². The second kappa shape index (κ2) is 4.45. The Morgan fingerprint density at radius 2 is 1.79 bits per heavy atom. The molecule has 1 aromatic heterocycles. The number of halogens is 5. The molecule has 0 atom stereocenters. The zero-order chi connectivity index (χ0) is 14.2. The Kier molecular flexibility index (Phi) is 3.09. The number of aromatic nitrogens is 2. The van der Waals surface area contributed by atoms with Crippen molar-refractivity contribution >= 4 is 0 Å². The van der Waals surface area contributed by atoms with Gasteiger partial charge < -0.3 is 4.98 Å². The van der Waals surface area contributed by atoms with Gasteiger partial charge in [0.05, 0.1) is 17.5 Å². The topological polar surface area (TPSA) is 45.8 Å². The van der Waals surface area contributed by atoms with Gasteiger partial charge in [-0.1, -0.05) is 6.07 Å². The first-order valence-corrected chi connectivity index (χ1v) is 4.91. The minimum absolute atomic E-state index is 0.220. The highest BCUT2D eigenvalue weighted by molar-refractivity contribution is 5.59. The van der Waals surface area contributed by atoms with Gasteiger partial charge in [0.2, 0.25) is 0 Å². The van der Waals surface area contributed by atoms with E-state index in [0.717, 1.165) is 6.07 Å². The van der Waals surface area contributed by atoms with Crippen molar-refractivity contribution in [1.82, 2.24) is 9.97 Å².